The van der Waals surface area contributed by atoms with Gasteiger partial charge in [0.15, 0.2) is 0 Å². The van der Waals surface area contributed by atoms with Crippen LogP contribution in [0.1, 0.15) is 14.8 Å². The fourth-order valence-corrected chi connectivity index (χ4v) is 0.144. The molecule has 0 amide bonds. The van der Waals surface area contributed by atoms with Crippen LogP contribution in [0.15, 0.2) is 0 Å². The van der Waals surface area contributed by atoms with E-state index in [0.29, 0.717) is 6.42 Å². The van der Waals surface area contributed by atoms with Crippen LogP contribution in [0, 0.1) is 0 Å². The Morgan fingerprint density at radius 3 is 2.29 bits per heavy atom. The van der Waals surface area contributed by atoms with Crippen molar-refractivity contribution in [1.82, 2.24) is 0 Å². The number of ether oxygens (including phenoxy) is 1. The van der Waals surface area contributed by atoms with Gasteiger partial charge in [0.2, 0.25) is 0 Å². The van der Waals surface area contributed by atoms with Gasteiger partial charge in [-0.1, -0.05) is 6.92 Å². The quantitative estimate of drug-likeness (QED) is 0.293. The Balaban J connectivity index is -0.000000125. The predicted octanol–water partition coefficient (Wildman–Crippen LogP) is -2.31. The minimum atomic E-state index is -0.157. The van der Waals surface area contributed by atoms with E-state index in [1.807, 2.05) is 0 Å². The molecule has 0 heterocycles. The van der Waals surface area contributed by atoms with E-state index in [-0.39, 0.29) is 58.8 Å². The van der Waals surface area contributed by atoms with Crippen molar-refractivity contribution in [1.29, 1.82) is 0 Å². The first kappa shape index (κ1) is 11.0. The van der Waals surface area contributed by atoms with Crippen LogP contribution in [0.2, 0.25) is 0 Å². The number of hydrogen-bond acceptors (Lipinski definition) is 2. The molecule has 0 aromatic carbocycles. The maximum atomic E-state index is 9.96. The number of rotatable bonds is 1. The molecule has 2 nitrogen and oxygen atoms in total. The van der Waals surface area contributed by atoms with Crippen LogP contribution >= 0.6 is 0 Å². The van der Waals surface area contributed by atoms with E-state index in [2.05, 4.69) is 4.74 Å². The topological polar surface area (TPSA) is 26.3 Å². The third-order valence-electron chi connectivity index (χ3n) is 0.516. The molecule has 0 rings (SSSR count). The van der Waals surface area contributed by atoms with Crippen molar-refractivity contribution in [2.45, 2.75) is 13.3 Å². The van der Waals surface area contributed by atoms with Gasteiger partial charge in [0.1, 0.15) is 0 Å². The first-order chi connectivity index (χ1) is 2.81. The maximum Gasteiger partial charge on any atom is 1.00 e. The van der Waals surface area contributed by atoms with Crippen molar-refractivity contribution in [2.75, 3.05) is 7.11 Å². The molecular weight excluding hydrogens is 119 g/mol. The molecule has 0 spiro atoms. The number of carbonyl (C=O) groups excluding carboxylic acids is 1. The Morgan fingerprint density at radius 2 is 2.29 bits per heavy atom. The van der Waals surface area contributed by atoms with Crippen LogP contribution in [0.5, 0.6) is 0 Å². The Morgan fingerprint density at radius 1 is 1.86 bits per heavy atom. The van der Waals surface area contributed by atoms with Crippen LogP contribution in [-0.2, 0) is 9.53 Å². The van der Waals surface area contributed by atoms with E-state index >= 15 is 0 Å². The number of carbonyl (C=O) groups is 1. The van der Waals surface area contributed by atoms with Crippen LogP contribution < -0.4 is 51.4 Å². The smallest absolute Gasteiger partial charge is 1.00 e. The molecule has 0 radical (unpaired) electrons. The molecule has 0 bridgehead atoms. The summed E-state index contributed by atoms with van der Waals surface area (Å²) >= 11 is 0. The third kappa shape index (κ3) is 7.11. The average molecular weight is 128 g/mol. The largest absolute Gasteiger partial charge is 1.00 e. The van der Waals surface area contributed by atoms with Crippen molar-refractivity contribution in [3.8, 4) is 0 Å². The van der Waals surface area contributed by atoms with Crippen molar-refractivity contribution in [3.05, 3.63) is 0 Å². The molecule has 0 saturated heterocycles. The molecule has 3 heteroatoms. The number of hydrogen-bond donors (Lipinski definition) is 0. The fourth-order valence-electron chi connectivity index (χ4n) is 0.144. The second-order valence-electron chi connectivity index (χ2n) is 0.930. The minimum absolute atomic E-state index is 0. The van der Waals surface area contributed by atoms with E-state index in [1.165, 1.54) is 7.11 Å². The Hall–Kier alpha value is 1.11. The minimum Gasteiger partial charge on any atom is -1.00 e. The fraction of sp³-hybridized carbons (Fsp3) is 0.750. The molecule has 0 saturated carbocycles. The molecule has 38 valence electrons. The van der Waals surface area contributed by atoms with Crippen LogP contribution in [-0.4, -0.2) is 13.1 Å². The second kappa shape index (κ2) is 7.11. The zero-order valence-electron chi connectivity index (χ0n) is 6.02. The van der Waals surface area contributed by atoms with E-state index in [9.17, 15) is 4.79 Å². The first-order valence-corrected chi connectivity index (χ1v) is 1.88. The van der Waals surface area contributed by atoms with E-state index < -0.39 is 0 Å². The van der Waals surface area contributed by atoms with E-state index in [0.717, 1.165) is 0 Å². The Bertz CT molecular complexity index is 52.0. The molecular formula is C4H9KO2. The van der Waals surface area contributed by atoms with Crippen LogP contribution in [0.25, 0.3) is 0 Å². The van der Waals surface area contributed by atoms with Crippen LogP contribution in [0.4, 0.5) is 0 Å². The van der Waals surface area contributed by atoms with Gasteiger partial charge < -0.3 is 6.16 Å². The van der Waals surface area contributed by atoms with E-state index in [4.69, 9.17) is 0 Å². The molecule has 0 atom stereocenters. The molecule has 0 aliphatic heterocycles. The zero-order chi connectivity index (χ0) is 4.99. The molecule has 0 aliphatic rings. The third-order valence-corrected chi connectivity index (χ3v) is 0.516. The summed E-state index contributed by atoms with van der Waals surface area (Å²) < 4.78 is 4.26. The van der Waals surface area contributed by atoms with Gasteiger partial charge in [-0.15, -0.1) is 0 Å². The summed E-state index contributed by atoms with van der Waals surface area (Å²) in [5.41, 5.74) is 0. The second-order valence-corrected chi connectivity index (χ2v) is 0.930. The Labute approximate surface area is 87.5 Å². The van der Waals surface area contributed by atoms with Crippen molar-refractivity contribution in [2.24, 2.45) is 0 Å². The molecule has 7 heavy (non-hydrogen) atoms. The van der Waals surface area contributed by atoms with Gasteiger partial charge in [-0.05, 0) is 0 Å². The summed E-state index contributed by atoms with van der Waals surface area (Å²) in [6, 6.07) is 0. The molecule has 0 unspecified atom stereocenters. The van der Waals surface area contributed by atoms with Crippen molar-refractivity contribution in [3.63, 3.8) is 0 Å². The van der Waals surface area contributed by atoms with Gasteiger partial charge in [-0.3, -0.25) is 4.79 Å². The average Bonchev–Trinajstić information content (AvgIpc) is 1.65. The van der Waals surface area contributed by atoms with Crippen molar-refractivity contribution >= 4 is 5.97 Å². The monoisotopic (exact) mass is 128 g/mol. The molecule has 0 aromatic heterocycles. The molecule has 0 aliphatic carbocycles. The summed E-state index contributed by atoms with van der Waals surface area (Å²) in [7, 11) is 1.38. The zero-order valence-corrected chi connectivity index (χ0v) is 8.15. The van der Waals surface area contributed by atoms with E-state index in [1.54, 1.807) is 6.92 Å². The van der Waals surface area contributed by atoms with Gasteiger partial charge in [0.25, 0.3) is 0 Å². The van der Waals surface area contributed by atoms with Crippen LogP contribution in [0.3, 0.4) is 0 Å². The normalized spacial score (nSPS) is 6.57. The summed E-state index contributed by atoms with van der Waals surface area (Å²) in [6.45, 7) is 1.76. The van der Waals surface area contributed by atoms with Gasteiger partial charge in [-0.2, -0.15) is 0 Å². The summed E-state index contributed by atoms with van der Waals surface area (Å²) in [6.07, 6.45) is 0.469. The standard InChI is InChI=1S/C4H8O2.K.H/c1-3-4(5)6-2;;/h3H2,1-2H3;;/q;+1;-1. The predicted molar refractivity (Wildman–Crippen MR) is 23.4 cm³/mol. The molecule has 0 aromatic rings. The summed E-state index contributed by atoms with van der Waals surface area (Å²) in [4.78, 5) is 9.96. The van der Waals surface area contributed by atoms with Crippen molar-refractivity contribution < 1.29 is 62.3 Å². The number of methoxy groups -OCH3 is 1. The molecule has 0 fully saturated rings. The number of esters is 1. The summed E-state index contributed by atoms with van der Waals surface area (Å²) in [5.74, 6) is -0.157. The SMILES string of the molecule is CCC(=O)OC.[H-].[K+]. The van der Waals surface area contributed by atoms with Gasteiger partial charge in [-0.25, -0.2) is 0 Å². The maximum absolute atomic E-state index is 9.96. The van der Waals surface area contributed by atoms with Gasteiger partial charge >= 0.3 is 57.4 Å². The first-order valence-electron chi connectivity index (χ1n) is 1.88. The Kier molecular flexibility index (Phi) is 11.1. The molecule has 0 N–H and O–H groups in total. The van der Waals surface area contributed by atoms with Gasteiger partial charge in [0, 0.05) is 6.42 Å². The summed E-state index contributed by atoms with van der Waals surface area (Å²) in [5, 5.41) is 0. The van der Waals surface area contributed by atoms with Gasteiger partial charge in [0.05, 0.1) is 7.11 Å².